The molecule has 0 aliphatic carbocycles. The van der Waals surface area contributed by atoms with Gasteiger partial charge in [0.2, 0.25) is 0 Å². The molecule has 1 saturated heterocycles. The van der Waals surface area contributed by atoms with Gasteiger partial charge in [0, 0.05) is 17.0 Å². The highest BCUT2D eigenvalue weighted by molar-refractivity contribution is 7.16. The third-order valence-electron chi connectivity index (χ3n) is 4.54. The minimum Gasteiger partial charge on any atom is -0.326 e. The molecule has 2 nitrogen and oxygen atoms in total. The maximum Gasteiger partial charge on any atom is 0.0931 e. The lowest BCUT2D eigenvalue weighted by Crippen LogP contribution is -2.49. The standard InChI is InChI=1S/C15H25ClN2S/c1-4-12(17)15(13-7-8-14(16)19-13)18-9-5-6-10(2)11(18)3/h7-8,10-12,15H,4-6,9,17H2,1-3H3. The molecule has 0 aromatic carbocycles. The zero-order valence-electron chi connectivity index (χ0n) is 12.1. The molecule has 2 N–H and O–H groups in total. The minimum absolute atomic E-state index is 0.183. The summed E-state index contributed by atoms with van der Waals surface area (Å²) in [5.74, 6) is 0.746. The molecule has 0 bridgehead atoms. The minimum atomic E-state index is 0.183. The van der Waals surface area contributed by atoms with Crippen LogP contribution < -0.4 is 5.73 Å². The Kier molecular flexibility index (Phi) is 5.29. The molecular weight excluding hydrogens is 276 g/mol. The summed E-state index contributed by atoms with van der Waals surface area (Å²) >= 11 is 7.80. The Labute approximate surface area is 125 Å². The maximum atomic E-state index is 6.42. The van der Waals surface area contributed by atoms with Crippen LogP contribution in [0.25, 0.3) is 0 Å². The van der Waals surface area contributed by atoms with Crippen molar-refractivity contribution in [1.82, 2.24) is 4.90 Å². The first-order chi connectivity index (χ1) is 9.04. The quantitative estimate of drug-likeness (QED) is 0.898. The van der Waals surface area contributed by atoms with Crippen LogP contribution in [0, 0.1) is 5.92 Å². The highest BCUT2D eigenvalue weighted by Crippen LogP contribution is 2.37. The largest absolute Gasteiger partial charge is 0.326 e. The van der Waals surface area contributed by atoms with Crippen molar-refractivity contribution in [2.24, 2.45) is 11.7 Å². The third kappa shape index (κ3) is 3.33. The van der Waals surface area contributed by atoms with E-state index in [2.05, 4.69) is 31.7 Å². The molecule has 0 radical (unpaired) electrons. The lowest BCUT2D eigenvalue weighted by molar-refractivity contribution is 0.0562. The van der Waals surface area contributed by atoms with Gasteiger partial charge in [-0.1, -0.05) is 25.4 Å². The van der Waals surface area contributed by atoms with Gasteiger partial charge in [-0.2, -0.15) is 0 Å². The Bertz CT molecular complexity index is 407. The normalized spacial score (nSPS) is 28.3. The van der Waals surface area contributed by atoms with E-state index in [4.69, 9.17) is 17.3 Å². The molecule has 2 heterocycles. The van der Waals surface area contributed by atoms with Crippen LogP contribution in [0.3, 0.4) is 0 Å². The topological polar surface area (TPSA) is 29.3 Å². The zero-order valence-corrected chi connectivity index (χ0v) is 13.7. The fourth-order valence-electron chi connectivity index (χ4n) is 3.09. The van der Waals surface area contributed by atoms with Crippen molar-refractivity contribution < 1.29 is 0 Å². The summed E-state index contributed by atoms with van der Waals surface area (Å²) in [6.45, 7) is 8.02. The third-order valence-corrected chi connectivity index (χ3v) is 5.84. The zero-order chi connectivity index (χ0) is 14.0. The number of nitrogens with two attached hydrogens (primary N) is 1. The van der Waals surface area contributed by atoms with E-state index in [1.165, 1.54) is 17.7 Å². The monoisotopic (exact) mass is 300 g/mol. The van der Waals surface area contributed by atoms with Crippen molar-refractivity contribution >= 4 is 22.9 Å². The van der Waals surface area contributed by atoms with E-state index in [-0.39, 0.29) is 6.04 Å². The van der Waals surface area contributed by atoms with Crippen LogP contribution in [-0.2, 0) is 0 Å². The Morgan fingerprint density at radius 2 is 2.21 bits per heavy atom. The van der Waals surface area contributed by atoms with Gasteiger partial charge >= 0.3 is 0 Å². The molecule has 19 heavy (non-hydrogen) atoms. The number of hydrogen-bond acceptors (Lipinski definition) is 3. The first-order valence-electron chi connectivity index (χ1n) is 7.31. The molecular formula is C15H25ClN2S. The van der Waals surface area contributed by atoms with Gasteiger partial charge < -0.3 is 5.73 Å². The van der Waals surface area contributed by atoms with Gasteiger partial charge in [-0.05, 0) is 50.8 Å². The second-order valence-corrected chi connectivity index (χ2v) is 7.50. The molecule has 0 saturated carbocycles. The van der Waals surface area contributed by atoms with Crippen molar-refractivity contribution in [2.75, 3.05) is 6.54 Å². The SMILES string of the molecule is CCC(N)C(c1ccc(Cl)s1)N1CCCC(C)C1C. The average Bonchev–Trinajstić information content (AvgIpc) is 2.81. The molecule has 4 atom stereocenters. The number of piperidine rings is 1. The van der Waals surface area contributed by atoms with Crippen LogP contribution in [-0.4, -0.2) is 23.5 Å². The second-order valence-electron chi connectivity index (χ2n) is 5.76. The van der Waals surface area contributed by atoms with Crippen LogP contribution >= 0.6 is 22.9 Å². The van der Waals surface area contributed by atoms with Crippen molar-refractivity contribution in [3.05, 3.63) is 21.3 Å². The number of nitrogens with zero attached hydrogens (tertiary/aromatic N) is 1. The molecule has 4 unspecified atom stereocenters. The number of halogens is 1. The van der Waals surface area contributed by atoms with Crippen LogP contribution in [0.4, 0.5) is 0 Å². The lowest BCUT2D eigenvalue weighted by atomic mass is 9.88. The van der Waals surface area contributed by atoms with Crippen molar-refractivity contribution in [2.45, 2.75) is 58.2 Å². The smallest absolute Gasteiger partial charge is 0.0931 e. The molecule has 1 aromatic rings. The molecule has 1 aromatic heterocycles. The second kappa shape index (κ2) is 6.57. The highest BCUT2D eigenvalue weighted by Gasteiger charge is 2.34. The van der Waals surface area contributed by atoms with E-state index < -0.39 is 0 Å². The molecule has 108 valence electrons. The van der Waals surface area contributed by atoms with Crippen LogP contribution in [0.5, 0.6) is 0 Å². The molecule has 4 heteroatoms. The Morgan fingerprint density at radius 1 is 1.47 bits per heavy atom. The summed E-state index contributed by atoms with van der Waals surface area (Å²) in [4.78, 5) is 3.92. The van der Waals surface area contributed by atoms with Crippen LogP contribution in [0.2, 0.25) is 4.34 Å². The van der Waals surface area contributed by atoms with E-state index in [0.717, 1.165) is 23.2 Å². The number of hydrogen-bond donors (Lipinski definition) is 1. The Hall–Kier alpha value is -0.0900. The lowest BCUT2D eigenvalue weighted by Gasteiger charge is -2.44. The van der Waals surface area contributed by atoms with Gasteiger partial charge in [0.25, 0.3) is 0 Å². The van der Waals surface area contributed by atoms with Gasteiger partial charge in [0.05, 0.1) is 10.4 Å². The summed E-state index contributed by atoms with van der Waals surface area (Å²) in [5.41, 5.74) is 6.42. The average molecular weight is 301 g/mol. The van der Waals surface area contributed by atoms with Crippen LogP contribution in [0.15, 0.2) is 12.1 Å². The molecule has 0 spiro atoms. The predicted molar refractivity (Wildman–Crippen MR) is 84.9 cm³/mol. The van der Waals surface area contributed by atoms with E-state index >= 15 is 0 Å². The van der Waals surface area contributed by atoms with Gasteiger partial charge in [-0.15, -0.1) is 11.3 Å². The van der Waals surface area contributed by atoms with Gasteiger partial charge in [-0.25, -0.2) is 0 Å². The number of likely N-dealkylation sites (tertiary alicyclic amines) is 1. The van der Waals surface area contributed by atoms with E-state index in [0.29, 0.717) is 12.1 Å². The number of thiophene rings is 1. The predicted octanol–water partition coefficient (Wildman–Crippen LogP) is 4.30. The summed E-state index contributed by atoms with van der Waals surface area (Å²) < 4.78 is 0.862. The van der Waals surface area contributed by atoms with Crippen LogP contribution in [0.1, 0.15) is 51.0 Å². The summed E-state index contributed by atoms with van der Waals surface area (Å²) in [7, 11) is 0. The summed E-state index contributed by atoms with van der Waals surface area (Å²) in [5, 5.41) is 0. The van der Waals surface area contributed by atoms with E-state index in [9.17, 15) is 0 Å². The van der Waals surface area contributed by atoms with Gasteiger partial charge in [-0.3, -0.25) is 4.90 Å². The maximum absolute atomic E-state index is 6.42. The molecule has 1 aliphatic rings. The summed E-state index contributed by atoms with van der Waals surface area (Å²) in [6, 6.07) is 5.24. The highest BCUT2D eigenvalue weighted by atomic mass is 35.5. The molecule has 0 amide bonds. The van der Waals surface area contributed by atoms with Crippen molar-refractivity contribution in [3.63, 3.8) is 0 Å². The Balaban J connectivity index is 2.27. The summed E-state index contributed by atoms with van der Waals surface area (Å²) in [6.07, 6.45) is 3.60. The molecule has 1 fully saturated rings. The van der Waals surface area contributed by atoms with Gasteiger partial charge in [0.1, 0.15) is 0 Å². The first-order valence-corrected chi connectivity index (χ1v) is 8.50. The molecule has 2 rings (SSSR count). The molecule has 1 aliphatic heterocycles. The van der Waals surface area contributed by atoms with Crippen molar-refractivity contribution in [1.29, 1.82) is 0 Å². The van der Waals surface area contributed by atoms with Gasteiger partial charge in [0.15, 0.2) is 0 Å². The fourth-order valence-corrected chi connectivity index (χ4v) is 4.35. The van der Waals surface area contributed by atoms with E-state index in [1.807, 2.05) is 6.07 Å². The van der Waals surface area contributed by atoms with E-state index in [1.54, 1.807) is 11.3 Å². The number of rotatable bonds is 4. The van der Waals surface area contributed by atoms with Crippen molar-refractivity contribution in [3.8, 4) is 0 Å². The first kappa shape index (κ1) is 15.3. The fraction of sp³-hybridized carbons (Fsp3) is 0.733. The Morgan fingerprint density at radius 3 is 2.79 bits per heavy atom.